The largest absolute Gasteiger partial charge is 0.361 e. The fourth-order valence-corrected chi connectivity index (χ4v) is 3.38. The summed E-state index contributed by atoms with van der Waals surface area (Å²) in [7, 11) is 0. The molecule has 0 radical (unpaired) electrons. The first-order valence-corrected chi connectivity index (χ1v) is 8.42. The molecule has 0 spiro atoms. The van der Waals surface area contributed by atoms with Crippen molar-refractivity contribution in [3.05, 3.63) is 46.3 Å². The fourth-order valence-electron chi connectivity index (χ4n) is 2.24. The summed E-state index contributed by atoms with van der Waals surface area (Å²) in [4.78, 5) is 14.0. The maximum atomic E-state index is 6.24. The van der Waals surface area contributed by atoms with Gasteiger partial charge < -0.3 is 5.32 Å². The number of fused-ring (bicyclic) bond motifs is 1. The van der Waals surface area contributed by atoms with E-state index in [2.05, 4.69) is 53.2 Å². The van der Waals surface area contributed by atoms with Gasteiger partial charge in [0.2, 0.25) is 0 Å². The quantitative estimate of drug-likeness (QED) is 0.727. The van der Waals surface area contributed by atoms with Crippen LogP contribution in [0.1, 0.15) is 44.0 Å². The van der Waals surface area contributed by atoms with Gasteiger partial charge in [-0.15, -0.1) is 11.3 Å². The zero-order valence-corrected chi connectivity index (χ0v) is 14.2. The average Bonchev–Trinajstić information content (AvgIpc) is 2.90. The van der Waals surface area contributed by atoms with Crippen LogP contribution in [0.2, 0.25) is 5.02 Å². The number of thiophene rings is 1. The van der Waals surface area contributed by atoms with Gasteiger partial charge in [-0.1, -0.05) is 31.5 Å². The highest BCUT2D eigenvalue weighted by molar-refractivity contribution is 7.17. The van der Waals surface area contributed by atoms with Crippen LogP contribution in [0.3, 0.4) is 0 Å². The maximum Gasteiger partial charge on any atom is 0.140 e. The standard InChI is InChI=1S/C16H17ClN4S/c1-9(2)11-4-5-13(18-6-11)10(3)21-15-14-12(17)7-22-16(14)20-8-19-15/h4-10H,1-3H3,(H,19,20,21). The maximum absolute atomic E-state index is 6.24. The van der Waals surface area contributed by atoms with Gasteiger partial charge in [-0.25, -0.2) is 9.97 Å². The number of aromatic nitrogens is 3. The van der Waals surface area contributed by atoms with Gasteiger partial charge in [-0.3, -0.25) is 4.98 Å². The second-order valence-corrected chi connectivity index (χ2v) is 6.79. The third-order valence-corrected chi connectivity index (χ3v) is 4.91. The molecule has 0 fully saturated rings. The third kappa shape index (κ3) is 2.91. The Morgan fingerprint density at radius 2 is 1.95 bits per heavy atom. The van der Waals surface area contributed by atoms with Crippen LogP contribution in [0.15, 0.2) is 30.0 Å². The molecule has 6 heteroatoms. The van der Waals surface area contributed by atoms with Gasteiger partial charge in [0.1, 0.15) is 17.0 Å². The molecule has 1 atom stereocenters. The predicted molar refractivity (Wildman–Crippen MR) is 92.8 cm³/mol. The molecule has 1 N–H and O–H groups in total. The van der Waals surface area contributed by atoms with Crippen LogP contribution >= 0.6 is 22.9 Å². The van der Waals surface area contributed by atoms with Crippen molar-refractivity contribution in [1.29, 1.82) is 0 Å². The van der Waals surface area contributed by atoms with Crippen molar-refractivity contribution in [2.24, 2.45) is 0 Å². The van der Waals surface area contributed by atoms with Crippen LogP contribution in [-0.2, 0) is 0 Å². The molecule has 3 rings (SSSR count). The summed E-state index contributed by atoms with van der Waals surface area (Å²) in [6.07, 6.45) is 3.49. The first-order chi connectivity index (χ1) is 10.6. The van der Waals surface area contributed by atoms with Crippen LogP contribution in [0.5, 0.6) is 0 Å². The van der Waals surface area contributed by atoms with E-state index in [-0.39, 0.29) is 6.04 Å². The highest BCUT2D eigenvalue weighted by atomic mass is 35.5. The number of nitrogens with one attached hydrogen (secondary N) is 1. The van der Waals surface area contributed by atoms with E-state index in [1.54, 1.807) is 6.33 Å². The van der Waals surface area contributed by atoms with Gasteiger partial charge in [0.05, 0.1) is 22.1 Å². The van der Waals surface area contributed by atoms with Crippen LogP contribution in [0, 0.1) is 0 Å². The lowest BCUT2D eigenvalue weighted by atomic mass is 10.0. The number of hydrogen-bond acceptors (Lipinski definition) is 5. The van der Waals surface area contributed by atoms with E-state index >= 15 is 0 Å². The molecule has 0 amide bonds. The molecule has 0 aliphatic rings. The highest BCUT2D eigenvalue weighted by Crippen LogP contribution is 2.34. The predicted octanol–water partition coefficient (Wildman–Crippen LogP) is 5.04. The van der Waals surface area contributed by atoms with Gasteiger partial charge >= 0.3 is 0 Å². The molecule has 22 heavy (non-hydrogen) atoms. The third-order valence-electron chi connectivity index (χ3n) is 3.60. The Balaban J connectivity index is 1.86. The minimum atomic E-state index is 0.0373. The van der Waals surface area contributed by atoms with Gasteiger partial charge in [0.25, 0.3) is 0 Å². The van der Waals surface area contributed by atoms with Crippen LogP contribution in [0.25, 0.3) is 10.2 Å². The van der Waals surface area contributed by atoms with Crippen molar-refractivity contribution < 1.29 is 0 Å². The Bertz CT molecular complexity index is 782. The Kier molecular flexibility index (Phi) is 4.27. The molecule has 0 aliphatic carbocycles. The number of nitrogens with zero attached hydrogens (tertiary/aromatic N) is 3. The van der Waals surface area contributed by atoms with Gasteiger partial charge in [0, 0.05) is 11.6 Å². The molecular weight excluding hydrogens is 316 g/mol. The van der Waals surface area contributed by atoms with Gasteiger partial charge in [-0.05, 0) is 24.5 Å². The second-order valence-electron chi connectivity index (χ2n) is 5.52. The number of pyridine rings is 1. The lowest BCUT2D eigenvalue weighted by Crippen LogP contribution is -2.10. The van der Waals surface area contributed by atoms with E-state index < -0.39 is 0 Å². The molecule has 0 saturated heterocycles. The van der Waals surface area contributed by atoms with Gasteiger partial charge in [-0.2, -0.15) is 0 Å². The molecule has 3 heterocycles. The summed E-state index contributed by atoms with van der Waals surface area (Å²) in [5.41, 5.74) is 2.21. The van der Waals surface area contributed by atoms with Crippen molar-refractivity contribution >= 4 is 39.0 Å². The summed E-state index contributed by atoms with van der Waals surface area (Å²) in [5, 5.41) is 6.82. The molecule has 3 aromatic heterocycles. The zero-order valence-electron chi connectivity index (χ0n) is 12.7. The smallest absolute Gasteiger partial charge is 0.140 e. The molecule has 4 nitrogen and oxygen atoms in total. The lowest BCUT2D eigenvalue weighted by molar-refractivity contribution is 0.810. The summed E-state index contributed by atoms with van der Waals surface area (Å²) in [6, 6.07) is 4.22. The van der Waals surface area contributed by atoms with Crippen molar-refractivity contribution in [2.45, 2.75) is 32.7 Å². The Hall–Kier alpha value is -1.72. The van der Waals surface area contributed by atoms with E-state index in [0.29, 0.717) is 10.9 Å². The minimum Gasteiger partial charge on any atom is -0.361 e. The van der Waals surface area contributed by atoms with Crippen LogP contribution < -0.4 is 5.32 Å². The Morgan fingerprint density at radius 3 is 2.64 bits per heavy atom. The highest BCUT2D eigenvalue weighted by Gasteiger charge is 2.14. The first kappa shape index (κ1) is 15.2. The molecule has 1 unspecified atom stereocenters. The number of anilines is 1. The summed E-state index contributed by atoms with van der Waals surface area (Å²) in [6.45, 7) is 6.38. The molecule has 0 saturated carbocycles. The monoisotopic (exact) mass is 332 g/mol. The molecule has 0 aromatic carbocycles. The lowest BCUT2D eigenvalue weighted by Gasteiger charge is -2.15. The summed E-state index contributed by atoms with van der Waals surface area (Å²) < 4.78 is 0. The number of rotatable bonds is 4. The number of halogens is 1. The molecule has 0 aliphatic heterocycles. The van der Waals surface area contributed by atoms with E-state index in [9.17, 15) is 0 Å². The van der Waals surface area contributed by atoms with E-state index in [0.717, 1.165) is 21.7 Å². The van der Waals surface area contributed by atoms with E-state index in [1.807, 2.05) is 11.6 Å². The van der Waals surface area contributed by atoms with E-state index in [4.69, 9.17) is 11.6 Å². The zero-order chi connectivity index (χ0) is 15.7. The summed E-state index contributed by atoms with van der Waals surface area (Å²) >= 11 is 7.76. The van der Waals surface area contributed by atoms with E-state index in [1.165, 1.54) is 16.9 Å². The summed E-state index contributed by atoms with van der Waals surface area (Å²) in [5.74, 6) is 1.23. The molecule has 3 aromatic rings. The topological polar surface area (TPSA) is 50.7 Å². The SMILES string of the molecule is CC(C)c1ccc(C(C)Nc2ncnc3scc(Cl)c23)nc1. The normalized spacial score (nSPS) is 12.8. The van der Waals surface area contributed by atoms with Crippen LogP contribution in [-0.4, -0.2) is 15.0 Å². The fraction of sp³-hybridized carbons (Fsp3) is 0.312. The van der Waals surface area contributed by atoms with Crippen LogP contribution in [0.4, 0.5) is 5.82 Å². The Morgan fingerprint density at radius 1 is 1.14 bits per heavy atom. The molecular formula is C16H17ClN4S. The average molecular weight is 333 g/mol. The Labute approximate surface area is 138 Å². The molecule has 114 valence electrons. The van der Waals surface area contributed by atoms with Crippen molar-refractivity contribution in [1.82, 2.24) is 15.0 Å². The van der Waals surface area contributed by atoms with Crippen molar-refractivity contribution in [3.63, 3.8) is 0 Å². The number of hydrogen-bond donors (Lipinski definition) is 1. The first-order valence-electron chi connectivity index (χ1n) is 7.16. The molecule has 0 bridgehead atoms. The van der Waals surface area contributed by atoms with Crippen molar-refractivity contribution in [2.75, 3.05) is 5.32 Å². The van der Waals surface area contributed by atoms with Gasteiger partial charge in [0.15, 0.2) is 0 Å². The van der Waals surface area contributed by atoms with Crippen molar-refractivity contribution in [3.8, 4) is 0 Å². The second kappa shape index (κ2) is 6.18. The minimum absolute atomic E-state index is 0.0373.